The zero-order chi connectivity index (χ0) is 8.36. The molecule has 0 aliphatic rings. The monoisotopic (exact) mass is 157 g/mol. The SMILES string of the molecule is CC[C@H](N)[C@@H](O)C(F)(F)F. The van der Waals surface area contributed by atoms with Crippen LogP contribution in [0.1, 0.15) is 13.3 Å². The van der Waals surface area contributed by atoms with E-state index in [9.17, 15) is 13.2 Å². The van der Waals surface area contributed by atoms with Crippen LogP contribution in [-0.2, 0) is 0 Å². The third-order valence-electron chi connectivity index (χ3n) is 1.21. The molecule has 0 amide bonds. The smallest absolute Gasteiger partial charge is 0.382 e. The van der Waals surface area contributed by atoms with Gasteiger partial charge in [-0.2, -0.15) is 13.2 Å². The fourth-order valence-electron chi connectivity index (χ4n) is 0.466. The lowest BCUT2D eigenvalue weighted by atomic mass is 10.1. The number of aliphatic hydroxyl groups is 1. The third-order valence-corrected chi connectivity index (χ3v) is 1.21. The zero-order valence-electron chi connectivity index (χ0n) is 5.52. The Hall–Kier alpha value is -0.290. The van der Waals surface area contributed by atoms with Crippen LogP contribution < -0.4 is 5.73 Å². The summed E-state index contributed by atoms with van der Waals surface area (Å²) in [6.07, 6.45) is -6.87. The molecule has 3 N–H and O–H groups in total. The van der Waals surface area contributed by atoms with Crippen molar-refractivity contribution < 1.29 is 18.3 Å². The molecule has 0 aromatic rings. The van der Waals surface area contributed by atoms with Crippen LogP contribution in [0.5, 0.6) is 0 Å². The molecule has 0 heterocycles. The molecule has 0 fully saturated rings. The van der Waals surface area contributed by atoms with Crippen molar-refractivity contribution in [3.8, 4) is 0 Å². The molecular weight excluding hydrogens is 147 g/mol. The normalized spacial score (nSPS) is 18.6. The Morgan fingerprint density at radius 3 is 2.00 bits per heavy atom. The Balaban J connectivity index is 3.94. The van der Waals surface area contributed by atoms with Crippen molar-refractivity contribution in [3.05, 3.63) is 0 Å². The molecule has 10 heavy (non-hydrogen) atoms. The lowest BCUT2D eigenvalue weighted by Crippen LogP contribution is -2.44. The quantitative estimate of drug-likeness (QED) is 0.618. The van der Waals surface area contributed by atoms with Gasteiger partial charge in [0.1, 0.15) is 0 Å². The highest BCUT2D eigenvalue weighted by Crippen LogP contribution is 2.22. The lowest BCUT2D eigenvalue weighted by Gasteiger charge is -2.19. The molecule has 62 valence electrons. The summed E-state index contributed by atoms with van der Waals surface area (Å²) >= 11 is 0. The van der Waals surface area contributed by atoms with Crippen molar-refractivity contribution in [2.24, 2.45) is 5.73 Å². The van der Waals surface area contributed by atoms with Crippen LogP contribution in [0.2, 0.25) is 0 Å². The minimum absolute atomic E-state index is 0.112. The van der Waals surface area contributed by atoms with E-state index in [1.165, 1.54) is 6.92 Å². The fourth-order valence-corrected chi connectivity index (χ4v) is 0.466. The Kier molecular flexibility index (Phi) is 3.11. The summed E-state index contributed by atoms with van der Waals surface area (Å²) < 4.78 is 34.7. The van der Waals surface area contributed by atoms with Gasteiger partial charge in [0.05, 0.1) is 0 Å². The fraction of sp³-hybridized carbons (Fsp3) is 1.00. The average Bonchev–Trinajstić information content (AvgIpc) is 1.83. The molecule has 0 saturated carbocycles. The van der Waals surface area contributed by atoms with Crippen LogP contribution in [-0.4, -0.2) is 23.4 Å². The first-order chi connectivity index (χ1) is 4.39. The van der Waals surface area contributed by atoms with Gasteiger partial charge < -0.3 is 10.8 Å². The maximum Gasteiger partial charge on any atom is 0.415 e. The Labute approximate surface area is 56.8 Å². The number of rotatable bonds is 2. The molecule has 5 heteroatoms. The van der Waals surface area contributed by atoms with E-state index >= 15 is 0 Å². The predicted octanol–water partition coefficient (Wildman–Crippen LogP) is 0.647. The van der Waals surface area contributed by atoms with Gasteiger partial charge in [-0.15, -0.1) is 0 Å². The summed E-state index contributed by atoms with van der Waals surface area (Å²) in [6.45, 7) is 1.49. The van der Waals surface area contributed by atoms with Crippen molar-refractivity contribution in [2.45, 2.75) is 31.7 Å². The maximum atomic E-state index is 11.6. The van der Waals surface area contributed by atoms with Gasteiger partial charge in [0.2, 0.25) is 0 Å². The molecule has 0 rings (SSSR count). The minimum atomic E-state index is -4.59. The molecule has 2 nitrogen and oxygen atoms in total. The molecule has 0 spiro atoms. The summed E-state index contributed by atoms with van der Waals surface area (Å²) in [5.41, 5.74) is 4.93. The largest absolute Gasteiger partial charge is 0.415 e. The van der Waals surface area contributed by atoms with Crippen molar-refractivity contribution in [3.63, 3.8) is 0 Å². The van der Waals surface area contributed by atoms with Gasteiger partial charge in [-0.05, 0) is 6.42 Å². The van der Waals surface area contributed by atoms with E-state index in [4.69, 9.17) is 10.8 Å². The Bertz CT molecular complexity index is 104. The molecule has 0 aliphatic carbocycles. The van der Waals surface area contributed by atoms with Gasteiger partial charge in [0.15, 0.2) is 6.10 Å². The van der Waals surface area contributed by atoms with E-state index in [0.717, 1.165) is 0 Å². The Morgan fingerprint density at radius 1 is 1.50 bits per heavy atom. The molecule has 2 atom stereocenters. The van der Waals surface area contributed by atoms with E-state index in [-0.39, 0.29) is 6.42 Å². The van der Waals surface area contributed by atoms with E-state index < -0.39 is 18.3 Å². The maximum absolute atomic E-state index is 11.6. The van der Waals surface area contributed by atoms with Crippen LogP contribution in [0.15, 0.2) is 0 Å². The van der Waals surface area contributed by atoms with Gasteiger partial charge in [-0.3, -0.25) is 0 Å². The molecule has 0 aliphatic heterocycles. The molecule has 0 bridgehead atoms. The third kappa shape index (κ3) is 2.53. The number of halogens is 3. The highest BCUT2D eigenvalue weighted by molar-refractivity contribution is 4.76. The number of hydrogen-bond donors (Lipinski definition) is 2. The van der Waals surface area contributed by atoms with Crippen molar-refractivity contribution in [2.75, 3.05) is 0 Å². The van der Waals surface area contributed by atoms with Crippen molar-refractivity contribution in [1.82, 2.24) is 0 Å². The van der Waals surface area contributed by atoms with Crippen LogP contribution in [0, 0.1) is 0 Å². The van der Waals surface area contributed by atoms with Crippen LogP contribution in [0.3, 0.4) is 0 Å². The molecule has 0 saturated heterocycles. The second kappa shape index (κ2) is 3.21. The first kappa shape index (κ1) is 9.71. The summed E-state index contributed by atoms with van der Waals surface area (Å²) in [5, 5.41) is 8.40. The second-order valence-electron chi connectivity index (χ2n) is 2.06. The molecule has 0 unspecified atom stereocenters. The average molecular weight is 157 g/mol. The van der Waals surface area contributed by atoms with Crippen LogP contribution in [0.4, 0.5) is 13.2 Å². The standard InChI is InChI=1S/C5H10F3NO/c1-2-3(9)4(10)5(6,7)8/h3-4,10H,2,9H2,1H3/t3-,4+/m0/s1. The number of aliphatic hydroxyl groups excluding tert-OH is 1. The number of hydrogen-bond acceptors (Lipinski definition) is 2. The highest BCUT2D eigenvalue weighted by atomic mass is 19.4. The van der Waals surface area contributed by atoms with E-state index in [1.807, 2.05) is 0 Å². The van der Waals surface area contributed by atoms with Gasteiger partial charge in [-0.1, -0.05) is 6.92 Å². The van der Waals surface area contributed by atoms with E-state index in [0.29, 0.717) is 0 Å². The Morgan fingerprint density at radius 2 is 1.90 bits per heavy atom. The topological polar surface area (TPSA) is 46.2 Å². The molecule has 0 radical (unpaired) electrons. The summed E-state index contributed by atoms with van der Waals surface area (Å²) in [4.78, 5) is 0. The number of alkyl halides is 3. The summed E-state index contributed by atoms with van der Waals surface area (Å²) in [5.74, 6) is 0. The molecule has 0 aromatic carbocycles. The van der Waals surface area contributed by atoms with Gasteiger partial charge in [0.25, 0.3) is 0 Å². The first-order valence-corrected chi connectivity index (χ1v) is 2.90. The van der Waals surface area contributed by atoms with Crippen LogP contribution in [0.25, 0.3) is 0 Å². The summed E-state index contributed by atoms with van der Waals surface area (Å²) in [6, 6.07) is -1.21. The molecule has 0 aromatic heterocycles. The highest BCUT2D eigenvalue weighted by Gasteiger charge is 2.41. The minimum Gasteiger partial charge on any atom is -0.382 e. The number of nitrogens with two attached hydrogens (primary N) is 1. The van der Waals surface area contributed by atoms with Crippen molar-refractivity contribution in [1.29, 1.82) is 0 Å². The van der Waals surface area contributed by atoms with E-state index in [1.54, 1.807) is 0 Å². The summed E-state index contributed by atoms with van der Waals surface area (Å²) in [7, 11) is 0. The first-order valence-electron chi connectivity index (χ1n) is 2.90. The lowest BCUT2D eigenvalue weighted by molar-refractivity contribution is -0.209. The predicted molar refractivity (Wildman–Crippen MR) is 30.3 cm³/mol. The van der Waals surface area contributed by atoms with Crippen molar-refractivity contribution >= 4 is 0 Å². The zero-order valence-corrected chi connectivity index (χ0v) is 5.52. The van der Waals surface area contributed by atoms with E-state index in [2.05, 4.69) is 0 Å². The molecular formula is C5H10F3NO. The van der Waals surface area contributed by atoms with Gasteiger partial charge in [-0.25, -0.2) is 0 Å². The van der Waals surface area contributed by atoms with Gasteiger partial charge >= 0.3 is 6.18 Å². The van der Waals surface area contributed by atoms with Gasteiger partial charge in [0, 0.05) is 6.04 Å². The van der Waals surface area contributed by atoms with Crippen LogP contribution >= 0.6 is 0 Å². The second-order valence-corrected chi connectivity index (χ2v) is 2.06.